The molecule has 4 nitrogen and oxygen atoms in total. The van der Waals surface area contributed by atoms with Gasteiger partial charge in [0, 0.05) is 21.6 Å². The van der Waals surface area contributed by atoms with Crippen LogP contribution < -0.4 is 15.8 Å². The van der Waals surface area contributed by atoms with Gasteiger partial charge in [0.05, 0.1) is 24.9 Å². The Morgan fingerprint density at radius 3 is 2.52 bits per heavy atom. The Kier molecular flexibility index (Phi) is 4.47. The minimum absolute atomic E-state index is 0.0189. The number of nitrogen functional groups attached to an aromatic ring is 1. The number of pyridine rings is 1. The van der Waals surface area contributed by atoms with Crippen molar-refractivity contribution in [1.82, 2.24) is 4.98 Å². The van der Waals surface area contributed by atoms with Crippen LogP contribution in [-0.2, 0) is 12.7 Å². The lowest BCUT2D eigenvalue weighted by molar-refractivity contribution is -0.136. The van der Waals surface area contributed by atoms with E-state index in [1.807, 2.05) is 12.1 Å². The van der Waals surface area contributed by atoms with Crippen molar-refractivity contribution in [2.45, 2.75) is 19.6 Å². The summed E-state index contributed by atoms with van der Waals surface area (Å²) in [6.45, 7) is 1.86. The number of benzene rings is 1. The van der Waals surface area contributed by atoms with Crippen molar-refractivity contribution in [2.75, 3.05) is 18.2 Å². The summed E-state index contributed by atoms with van der Waals surface area (Å²) in [5.41, 5.74) is 6.53. The molecule has 0 unspecified atom stereocenters. The highest BCUT2D eigenvalue weighted by molar-refractivity contribution is 7.19. The molecular formula is C17H16F3N3OS. The number of ether oxygens (including phenoxy) is 1. The second-order valence-corrected chi connectivity index (χ2v) is 6.59. The third-order valence-corrected chi connectivity index (χ3v) is 4.85. The lowest BCUT2D eigenvalue weighted by Gasteiger charge is -2.10. The number of nitrogens with two attached hydrogens (primary N) is 1. The predicted molar refractivity (Wildman–Crippen MR) is 94.1 cm³/mol. The fraction of sp³-hybridized carbons (Fsp3) is 0.235. The molecule has 2 heterocycles. The molecule has 0 spiro atoms. The van der Waals surface area contributed by atoms with E-state index in [1.165, 1.54) is 11.3 Å². The van der Waals surface area contributed by atoms with Gasteiger partial charge >= 0.3 is 6.18 Å². The first-order valence-electron chi connectivity index (χ1n) is 7.43. The molecule has 2 aromatic heterocycles. The van der Waals surface area contributed by atoms with Crippen molar-refractivity contribution in [1.29, 1.82) is 0 Å². The van der Waals surface area contributed by atoms with Crippen LogP contribution in [0.3, 0.4) is 0 Å². The smallest absolute Gasteiger partial charge is 0.417 e. The molecule has 8 heteroatoms. The number of nitrogens with one attached hydrogen (secondary N) is 1. The highest BCUT2D eigenvalue weighted by Crippen LogP contribution is 2.42. The average molecular weight is 367 g/mol. The molecule has 0 aliphatic carbocycles. The SMILES string of the molecule is COc1ccc(NCc2sc3nc(C)cc(C(F)(F)F)c3c2N)cc1. The Morgan fingerprint density at radius 1 is 1.24 bits per heavy atom. The molecule has 0 aliphatic rings. The Balaban J connectivity index is 1.93. The van der Waals surface area contributed by atoms with Crippen LogP contribution in [-0.4, -0.2) is 12.1 Å². The van der Waals surface area contributed by atoms with E-state index in [2.05, 4.69) is 10.3 Å². The minimum Gasteiger partial charge on any atom is -0.497 e. The van der Waals surface area contributed by atoms with E-state index in [1.54, 1.807) is 26.2 Å². The number of hydrogen-bond donors (Lipinski definition) is 2. The largest absolute Gasteiger partial charge is 0.497 e. The number of nitrogens with zero attached hydrogens (tertiary/aromatic N) is 1. The highest BCUT2D eigenvalue weighted by Gasteiger charge is 2.35. The monoisotopic (exact) mass is 367 g/mol. The summed E-state index contributed by atoms with van der Waals surface area (Å²) in [6, 6.07) is 8.27. The summed E-state index contributed by atoms with van der Waals surface area (Å²) in [7, 11) is 1.58. The first kappa shape index (κ1) is 17.3. The molecule has 0 radical (unpaired) electrons. The molecule has 3 aromatic rings. The number of aromatic nitrogens is 1. The first-order chi connectivity index (χ1) is 11.8. The van der Waals surface area contributed by atoms with Crippen molar-refractivity contribution >= 4 is 32.9 Å². The van der Waals surface area contributed by atoms with E-state index in [0.717, 1.165) is 17.5 Å². The number of anilines is 2. The predicted octanol–water partition coefficient (Wildman–Crippen LogP) is 4.83. The van der Waals surface area contributed by atoms with Gasteiger partial charge in [-0.1, -0.05) is 0 Å². The number of thiophene rings is 1. The Hall–Kier alpha value is -2.48. The average Bonchev–Trinajstić information content (AvgIpc) is 2.87. The Labute approximate surface area is 146 Å². The molecule has 0 amide bonds. The summed E-state index contributed by atoms with van der Waals surface area (Å²) >= 11 is 1.17. The molecule has 0 fully saturated rings. The third kappa shape index (κ3) is 3.48. The van der Waals surface area contributed by atoms with Crippen molar-refractivity contribution in [3.05, 3.63) is 46.5 Å². The molecule has 0 atom stereocenters. The van der Waals surface area contributed by atoms with Gasteiger partial charge in [-0.25, -0.2) is 4.98 Å². The number of halogens is 3. The van der Waals surface area contributed by atoms with Gasteiger partial charge in [0.1, 0.15) is 10.6 Å². The third-order valence-electron chi connectivity index (χ3n) is 3.75. The van der Waals surface area contributed by atoms with Gasteiger partial charge in [-0.3, -0.25) is 0 Å². The van der Waals surface area contributed by atoms with Gasteiger partial charge in [-0.2, -0.15) is 13.2 Å². The summed E-state index contributed by atoms with van der Waals surface area (Å²) < 4.78 is 45.0. The van der Waals surface area contributed by atoms with Crippen LogP contribution in [0.4, 0.5) is 24.5 Å². The van der Waals surface area contributed by atoms with Crippen molar-refractivity contribution in [3.63, 3.8) is 0 Å². The normalized spacial score (nSPS) is 11.7. The Bertz CT molecular complexity index is 904. The first-order valence-corrected chi connectivity index (χ1v) is 8.25. The lowest BCUT2D eigenvalue weighted by atomic mass is 10.1. The second kappa shape index (κ2) is 6.44. The van der Waals surface area contributed by atoms with Crippen LogP contribution in [0.2, 0.25) is 0 Å². The van der Waals surface area contributed by atoms with Crippen molar-refractivity contribution < 1.29 is 17.9 Å². The van der Waals surface area contributed by atoms with Gasteiger partial charge in [0.15, 0.2) is 0 Å². The number of fused-ring (bicyclic) bond motifs is 1. The van der Waals surface area contributed by atoms with E-state index >= 15 is 0 Å². The summed E-state index contributed by atoms with van der Waals surface area (Å²) in [6.07, 6.45) is -4.47. The van der Waals surface area contributed by atoms with E-state index in [0.29, 0.717) is 21.9 Å². The van der Waals surface area contributed by atoms with Gasteiger partial charge in [-0.05, 0) is 37.3 Å². The van der Waals surface area contributed by atoms with Crippen LogP contribution in [0.5, 0.6) is 5.75 Å². The highest BCUT2D eigenvalue weighted by atomic mass is 32.1. The molecule has 0 bridgehead atoms. The fourth-order valence-electron chi connectivity index (χ4n) is 2.54. The van der Waals surface area contributed by atoms with Crippen molar-refractivity contribution in [2.24, 2.45) is 0 Å². The maximum absolute atomic E-state index is 13.3. The molecule has 3 N–H and O–H groups in total. The summed E-state index contributed by atoms with van der Waals surface area (Å²) in [5.74, 6) is 0.724. The van der Waals surface area contributed by atoms with Gasteiger partial charge < -0.3 is 15.8 Å². The van der Waals surface area contributed by atoms with Crippen LogP contribution in [0.1, 0.15) is 16.1 Å². The molecule has 0 saturated heterocycles. The number of aryl methyl sites for hydroxylation is 1. The summed E-state index contributed by atoms with van der Waals surface area (Å²) in [4.78, 5) is 5.13. The number of hydrogen-bond acceptors (Lipinski definition) is 5. The van der Waals surface area contributed by atoms with Crippen molar-refractivity contribution in [3.8, 4) is 5.75 Å². The molecular weight excluding hydrogens is 351 g/mol. The maximum Gasteiger partial charge on any atom is 0.417 e. The van der Waals surface area contributed by atoms with Crippen LogP contribution >= 0.6 is 11.3 Å². The topological polar surface area (TPSA) is 60.2 Å². The van der Waals surface area contributed by atoms with Gasteiger partial charge in [-0.15, -0.1) is 11.3 Å². The standard InChI is InChI=1S/C17H16F3N3OS/c1-9-7-12(17(18,19)20)14-15(21)13(25-16(14)23-9)8-22-10-3-5-11(24-2)6-4-10/h3-7,22H,8,21H2,1-2H3. The van der Waals surface area contributed by atoms with E-state index < -0.39 is 11.7 Å². The number of rotatable bonds is 4. The number of methoxy groups -OCH3 is 1. The minimum atomic E-state index is -4.47. The van der Waals surface area contributed by atoms with Crippen LogP contribution in [0.15, 0.2) is 30.3 Å². The molecule has 132 valence electrons. The van der Waals surface area contributed by atoms with Crippen LogP contribution in [0, 0.1) is 6.92 Å². The molecule has 25 heavy (non-hydrogen) atoms. The second-order valence-electron chi connectivity index (χ2n) is 5.51. The maximum atomic E-state index is 13.3. The van der Waals surface area contributed by atoms with E-state index in [4.69, 9.17) is 10.5 Å². The number of alkyl halides is 3. The molecule has 3 rings (SSSR count). The van der Waals surface area contributed by atoms with Crippen LogP contribution in [0.25, 0.3) is 10.2 Å². The van der Waals surface area contributed by atoms with E-state index in [9.17, 15) is 13.2 Å². The summed E-state index contributed by atoms with van der Waals surface area (Å²) in [5, 5.41) is 3.13. The van der Waals surface area contributed by atoms with E-state index in [-0.39, 0.29) is 11.1 Å². The zero-order chi connectivity index (χ0) is 18.2. The lowest BCUT2D eigenvalue weighted by Crippen LogP contribution is -2.08. The van der Waals surface area contributed by atoms with Gasteiger partial charge in [0.2, 0.25) is 0 Å². The molecule has 0 saturated carbocycles. The Morgan fingerprint density at radius 2 is 1.92 bits per heavy atom. The quantitative estimate of drug-likeness (QED) is 0.694. The zero-order valence-corrected chi connectivity index (χ0v) is 14.4. The fourth-order valence-corrected chi connectivity index (χ4v) is 3.64. The molecule has 1 aromatic carbocycles. The van der Waals surface area contributed by atoms with Gasteiger partial charge in [0.25, 0.3) is 0 Å². The molecule has 0 aliphatic heterocycles. The zero-order valence-electron chi connectivity index (χ0n) is 13.6.